The maximum Gasteiger partial charge on any atom is 0.240 e. The van der Waals surface area contributed by atoms with Crippen LogP contribution in [0.5, 0.6) is 0 Å². The van der Waals surface area contributed by atoms with E-state index in [0.717, 1.165) is 19.5 Å². The highest BCUT2D eigenvalue weighted by Crippen LogP contribution is 2.19. The first-order chi connectivity index (χ1) is 7.84. The number of likely N-dealkylation sites (N-methyl/N-ethyl adjacent to an activating group) is 1. The van der Waals surface area contributed by atoms with Gasteiger partial charge in [-0.15, -0.1) is 0 Å². The Morgan fingerprint density at radius 3 is 2.29 bits per heavy atom. The zero-order valence-corrected chi connectivity index (χ0v) is 11.8. The minimum absolute atomic E-state index is 0.107. The summed E-state index contributed by atoms with van der Waals surface area (Å²) in [6, 6.07) is 0.185. The lowest BCUT2D eigenvalue weighted by Crippen LogP contribution is -2.54. The molecule has 100 valence electrons. The van der Waals surface area contributed by atoms with Crippen LogP contribution in [0.2, 0.25) is 0 Å². The van der Waals surface area contributed by atoms with Crippen LogP contribution in [0.4, 0.5) is 0 Å². The molecule has 1 rings (SSSR count). The predicted octanol–water partition coefficient (Wildman–Crippen LogP) is 0.911. The second-order valence-electron chi connectivity index (χ2n) is 5.81. The van der Waals surface area contributed by atoms with Crippen molar-refractivity contribution in [3.05, 3.63) is 0 Å². The number of likely N-dealkylation sites (tertiary alicyclic amines) is 1. The summed E-state index contributed by atoms with van der Waals surface area (Å²) in [5.74, 6) is 0.304. The Kier molecular flexibility index (Phi) is 4.95. The van der Waals surface area contributed by atoms with E-state index in [-0.39, 0.29) is 23.9 Å². The Hall–Kier alpha value is -0.610. The van der Waals surface area contributed by atoms with Crippen LogP contribution in [0.1, 0.15) is 34.1 Å². The van der Waals surface area contributed by atoms with Gasteiger partial charge in [0.2, 0.25) is 5.91 Å². The first-order valence-electron chi connectivity index (χ1n) is 6.61. The Bertz CT molecular complexity index is 265. The zero-order chi connectivity index (χ0) is 13.2. The van der Waals surface area contributed by atoms with Crippen molar-refractivity contribution in [2.24, 2.45) is 11.7 Å². The fourth-order valence-electron chi connectivity index (χ4n) is 2.45. The molecule has 4 nitrogen and oxygen atoms in total. The van der Waals surface area contributed by atoms with Gasteiger partial charge in [0.15, 0.2) is 0 Å². The van der Waals surface area contributed by atoms with Gasteiger partial charge in [-0.2, -0.15) is 0 Å². The fourth-order valence-corrected chi connectivity index (χ4v) is 2.45. The summed E-state index contributed by atoms with van der Waals surface area (Å²) in [5, 5.41) is 0. The van der Waals surface area contributed by atoms with E-state index in [1.165, 1.54) is 0 Å². The molecule has 0 radical (unpaired) electrons. The number of hydrogen-bond acceptors (Lipinski definition) is 3. The molecule has 1 aliphatic heterocycles. The Balaban J connectivity index is 2.75. The van der Waals surface area contributed by atoms with Crippen LogP contribution in [0, 0.1) is 5.92 Å². The third-order valence-electron chi connectivity index (χ3n) is 3.57. The highest BCUT2D eigenvalue weighted by atomic mass is 16.2. The minimum Gasteiger partial charge on any atom is -0.335 e. The summed E-state index contributed by atoms with van der Waals surface area (Å²) < 4.78 is 0. The third-order valence-corrected chi connectivity index (χ3v) is 3.57. The van der Waals surface area contributed by atoms with Crippen LogP contribution in [-0.4, -0.2) is 54.0 Å². The number of nitrogens with two attached hydrogens (primary N) is 1. The van der Waals surface area contributed by atoms with Gasteiger partial charge in [-0.05, 0) is 39.8 Å². The number of carbonyl (C=O) groups excluding carboxylic acids is 1. The first kappa shape index (κ1) is 14.5. The van der Waals surface area contributed by atoms with E-state index in [1.807, 2.05) is 18.7 Å². The van der Waals surface area contributed by atoms with Crippen molar-refractivity contribution < 1.29 is 4.79 Å². The molecule has 1 aliphatic rings. The maximum absolute atomic E-state index is 12.4. The Morgan fingerprint density at radius 1 is 1.35 bits per heavy atom. The third kappa shape index (κ3) is 3.42. The van der Waals surface area contributed by atoms with Crippen molar-refractivity contribution >= 4 is 5.91 Å². The summed E-state index contributed by atoms with van der Waals surface area (Å²) in [4.78, 5) is 16.7. The lowest BCUT2D eigenvalue weighted by atomic mass is 10.0. The van der Waals surface area contributed by atoms with Crippen molar-refractivity contribution in [1.82, 2.24) is 9.80 Å². The van der Waals surface area contributed by atoms with Crippen LogP contribution in [-0.2, 0) is 4.79 Å². The van der Waals surface area contributed by atoms with Crippen molar-refractivity contribution in [2.45, 2.75) is 52.2 Å². The normalized spacial score (nSPS) is 23.4. The molecule has 2 atom stereocenters. The van der Waals surface area contributed by atoms with Crippen molar-refractivity contribution in [2.75, 3.05) is 20.1 Å². The molecule has 1 heterocycles. The standard InChI is InChI=1S/C13H27N3O/c1-9(2)12(14)13(17)16(10(3)4)11-6-7-15(5)8-11/h9-12H,6-8,14H2,1-5H3/t11-,12?/m0/s1. The van der Waals surface area contributed by atoms with E-state index in [0.29, 0.717) is 6.04 Å². The van der Waals surface area contributed by atoms with Gasteiger partial charge in [0.05, 0.1) is 6.04 Å². The largest absolute Gasteiger partial charge is 0.335 e. The molecule has 0 bridgehead atoms. The van der Waals surface area contributed by atoms with E-state index in [2.05, 4.69) is 25.8 Å². The smallest absolute Gasteiger partial charge is 0.240 e. The molecule has 1 fully saturated rings. The van der Waals surface area contributed by atoms with Gasteiger partial charge >= 0.3 is 0 Å². The quantitative estimate of drug-likeness (QED) is 0.796. The van der Waals surface area contributed by atoms with E-state index in [4.69, 9.17) is 5.73 Å². The molecule has 0 aromatic carbocycles. The molecule has 0 aromatic heterocycles. The van der Waals surface area contributed by atoms with Gasteiger partial charge in [0, 0.05) is 18.6 Å². The molecule has 17 heavy (non-hydrogen) atoms. The summed E-state index contributed by atoms with van der Waals surface area (Å²) in [6.45, 7) is 10.2. The molecule has 1 saturated heterocycles. The highest BCUT2D eigenvalue weighted by Gasteiger charge is 2.34. The van der Waals surface area contributed by atoms with Gasteiger partial charge < -0.3 is 15.5 Å². The minimum atomic E-state index is -0.372. The van der Waals surface area contributed by atoms with Crippen molar-refractivity contribution in [3.63, 3.8) is 0 Å². The summed E-state index contributed by atoms with van der Waals surface area (Å²) in [7, 11) is 2.10. The van der Waals surface area contributed by atoms with Gasteiger partial charge in [-0.1, -0.05) is 13.8 Å². The number of amides is 1. The molecule has 4 heteroatoms. The van der Waals surface area contributed by atoms with Crippen molar-refractivity contribution in [1.29, 1.82) is 0 Å². The molecule has 0 spiro atoms. The second kappa shape index (κ2) is 5.83. The molecular formula is C13H27N3O. The van der Waals surface area contributed by atoms with Gasteiger partial charge in [0.25, 0.3) is 0 Å². The number of hydrogen-bond donors (Lipinski definition) is 1. The van der Waals surface area contributed by atoms with Crippen LogP contribution >= 0.6 is 0 Å². The monoisotopic (exact) mass is 241 g/mol. The Morgan fingerprint density at radius 2 is 1.94 bits per heavy atom. The summed E-state index contributed by atoms with van der Waals surface area (Å²) >= 11 is 0. The van der Waals surface area contributed by atoms with Crippen molar-refractivity contribution in [3.8, 4) is 0 Å². The lowest BCUT2D eigenvalue weighted by molar-refractivity contribution is -0.137. The van der Waals surface area contributed by atoms with Crippen LogP contribution in [0.15, 0.2) is 0 Å². The van der Waals surface area contributed by atoms with E-state index in [9.17, 15) is 4.79 Å². The Labute approximate surface area is 105 Å². The van der Waals surface area contributed by atoms with Crippen LogP contribution < -0.4 is 5.73 Å². The zero-order valence-electron chi connectivity index (χ0n) is 11.8. The average molecular weight is 241 g/mol. The average Bonchev–Trinajstić information content (AvgIpc) is 2.62. The summed E-state index contributed by atoms with van der Waals surface area (Å²) in [6.07, 6.45) is 1.06. The molecule has 1 amide bonds. The molecule has 2 N–H and O–H groups in total. The molecule has 0 aromatic rings. The molecular weight excluding hydrogens is 214 g/mol. The van der Waals surface area contributed by atoms with Crippen LogP contribution in [0.3, 0.4) is 0 Å². The van der Waals surface area contributed by atoms with E-state index >= 15 is 0 Å². The SMILES string of the molecule is CC(C)C(N)C(=O)N(C(C)C)[C@H]1CCN(C)C1. The molecule has 0 saturated carbocycles. The summed E-state index contributed by atoms with van der Waals surface area (Å²) in [5.41, 5.74) is 6.00. The van der Waals surface area contributed by atoms with E-state index < -0.39 is 0 Å². The predicted molar refractivity (Wildman–Crippen MR) is 70.7 cm³/mol. The maximum atomic E-state index is 12.4. The first-order valence-corrected chi connectivity index (χ1v) is 6.61. The lowest BCUT2D eigenvalue weighted by Gasteiger charge is -2.35. The number of rotatable bonds is 4. The fraction of sp³-hybridized carbons (Fsp3) is 0.923. The topological polar surface area (TPSA) is 49.6 Å². The van der Waals surface area contributed by atoms with Crippen LogP contribution in [0.25, 0.3) is 0 Å². The molecule has 1 unspecified atom stereocenters. The number of carbonyl (C=O) groups is 1. The second-order valence-corrected chi connectivity index (χ2v) is 5.81. The number of nitrogens with zero attached hydrogens (tertiary/aromatic N) is 2. The highest BCUT2D eigenvalue weighted by molar-refractivity contribution is 5.82. The van der Waals surface area contributed by atoms with Gasteiger partial charge in [-0.25, -0.2) is 0 Å². The van der Waals surface area contributed by atoms with Gasteiger partial charge in [0.1, 0.15) is 0 Å². The van der Waals surface area contributed by atoms with Gasteiger partial charge in [-0.3, -0.25) is 4.79 Å². The van der Waals surface area contributed by atoms with E-state index in [1.54, 1.807) is 0 Å². The molecule has 0 aliphatic carbocycles.